The Balaban J connectivity index is 2.21. The number of esters is 1. The molecule has 0 spiro atoms. The molecule has 0 radical (unpaired) electrons. The van der Waals surface area contributed by atoms with E-state index in [0.717, 1.165) is 24.8 Å². The predicted octanol–water partition coefficient (Wildman–Crippen LogP) is 2.09. The normalized spacial score (nSPS) is 15.6. The van der Waals surface area contributed by atoms with Gasteiger partial charge in [0.15, 0.2) is 11.5 Å². The lowest BCUT2D eigenvalue weighted by Crippen LogP contribution is -2.25. The van der Waals surface area contributed by atoms with Crippen LogP contribution < -0.4 is 14.2 Å². The van der Waals surface area contributed by atoms with Gasteiger partial charge in [-0.15, -0.1) is 0 Å². The molecule has 0 bridgehead atoms. The highest BCUT2D eigenvalue weighted by Crippen LogP contribution is 2.48. The van der Waals surface area contributed by atoms with Crippen molar-refractivity contribution >= 4 is 11.8 Å². The first-order valence-corrected chi connectivity index (χ1v) is 7.91. The zero-order valence-corrected chi connectivity index (χ0v) is 13.4. The molecule has 0 unspecified atom stereocenters. The molecule has 6 heteroatoms. The monoisotopic (exact) mass is 320 g/mol. The number of ketones is 1. The van der Waals surface area contributed by atoms with Gasteiger partial charge in [-0.25, -0.2) is 4.79 Å². The fraction of sp³-hybridized carbons (Fsp3) is 0.529. The van der Waals surface area contributed by atoms with Gasteiger partial charge in [0.05, 0.1) is 32.5 Å². The van der Waals surface area contributed by atoms with Gasteiger partial charge in [-0.1, -0.05) is 0 Å². The summed E-state index contributed by atoms with van der Waals surface area (Å²) in [6.07, 6.45) is 2.97. The number of fused-ring (bicyclic) bond motifs is 2. The second-order valence-electron chi connectivity index (χ2n) is 5.48. The average Bonchev–Trinajstić information content (AvgIpc) is 2.59. The van der Waals surface area contributed by atoms with Gasteiger partial charge in [0.2, 0.25) is 0 Å². The highest BCUT2D eigenvalue weighted by atomic mass is 16.5. The first-order chi connectivity index (χ1) is 11.2. The maximum absolute atomic E-state index is 12.6. The lowest BCUT2D eigenvalue weighted by Gasteiger charge is -2.29. The first kappa shape index (κ1) is 15.6. The number of carbonyl (C=O) groups excluding carboxylic acids is 2. The van der Waals surface area contributed by atoms with Gasteiger partial charge >= 0.3 is 5.97 Å². The summed E-state index contributed by atoms with van der Waals surface area (Å²) in [5.74, 6) is 0.108. The second-order valence-corrected chi connectivity index (χ2v) is 5.48. The van der Waals surface area contributed by atoms with Crippen molar-refractivity contribution in [2.75, 3.05) is 26.9 Å². The molecule has 0 aliphatic carbocycles. The van der Waals surface area contributed by atoms with Crippen LogP contribution in [0, 0.1) is 0 Å². The lowest BCUT2D eigenvalue weighted by atomic mass is 9.90. The molecule has 23 heavy (non-hydrogen) atoms. The average molecular weight is 320 g/mol. The summed E-state index contributed by atoms with van der Waals surface area (Å²) in [6, 6.07) is 0. The van der Waals surface area contributed by atoms with Gasteiger partial charge in [0.1, 0.15) is 5.75 Å². The van der Waals surface area contributed by atoms with Gasteiger partial charge in [0.25, 0.3) is 5.78 Å². The molecule has 1 aromatic carbocycles. The van der Waals surface area contributed by atoms with Crippen molar-refractivity contribution in [3.63, 3.8) is 0 Å². The quantitative estimate of drug-likeness (QED) is 0.480. The zero-order valence-electron chi connectivity index (χ0n) is 13.4. The maximum atomic E-state index is 12.6. The van der Waals surface area contributed by atoms with E-state index in [2.05, 4.69) is 0 Å². The molecule has 2 heterocycles. The van der Waals surface area contributed by atoms with E-state index in [0.29, 0.717) is 42.4 Å². The summed E-state index contributed by atoms with van der Waals surface area (Å²) in [6.45, 7) is 2.90. The third kappa shape index (κ3) is 2.62. The van der Waals surface area contributed by atoms with E-state index in [1.165, 1.54) is 0 Å². The van der Waals surface area contributed by atoms with E-state index in [1.54, 1.807) is 14.0 Å². The van der Waals surface area contributed by atoms with E-state index >= 15 is 0 Å². The van der Waals surface area contributed by atoms with Crippen LogP contribution in [0.1, 0.15) is 41.3 Å². The van der Waals surface area contributed by atoms with Crippen molar-refractivity contribution in [2.24, 2.45) is 0 Å². The third-order valence-corrected chi connectivity index (χ3v) is 4.08. The summed E-state index contributed by atoms with van der Waals surface area (Å²) in [5, 5.41) is 0. The van der Waals surface area contributed by atoms with Crippen molar-refractivity contribution in [3.8, 4) is 17.2 Å². The Labute approximate surface area is 134 Å². The molecule has 2 aliphatic heterocycles. The van der Waals surface area contributed by atoms with E-state index in [4.69, 9.17) is 18.9 Å². The van der Waals surface area contributed by atoms with Crippen LogP contribution in [0.5, 0.6) is 17.2 Å². The molecule has 0 aromatic heterocycles. The minimum Gasteiger partial charge on any atom is -0.492 e. The van der Waals surface area contributed by atoms with Gasteiger partial charge in [-0.3, -0.25) is 4.79 Å². The van der Waals surface area contributed by atoms with Crippen LogP contribution in [0.4, 0.5) is 0 Å². The topological polar surface area (TPSA) is 71.1 Å². The van der Waals surface area contributed by atoms with E-state index in [1.807, 2.05) is 0 Å². The molecular formula is C17H20O6. The highest BCUT2D eigenvalue weighted by Gasteiger charge is 2.35. The molecule has 1 aromatic rings. The van der Waals surface area contributed by atoms with Gasteiger partial charge in [-0.2, -0.15) is 0 Å². The Bertz CT molecular complexity index is 612. The number of hydrogen-bond acceptors (Lipinski definition) is 6. The van der Waals surface area contributed by atoms with E-state index < -0.39 is 11.8 Å². The standard InChI is InChI=1S/C17H20O6/c1-3-21-17(19)13(18)12-10-6-4-9-23-16(10)15(20-2)11-7-5-8-22-14(11)12/h3-9H2,1-2H3. The second kappa shape index (κ2) is 6.48. The fourth-order valence-corrected chi connectivity index (χ4v) is 3.16. The van der Waals surface area contributed by atoms with Crippen LogP contribution in [0.25, 0.3) is 0 Å². The minimum absolute atomic E-state index is 0.155. The molecule has 6 nitrogen and oxygen atoms in total. The summed E-state index contributed by atoms with van der Waals surface area (Å²) < 4.78 is 21.9. The number of ether oxygens (including phenoxy) is 4. The Hall–Kier alpha value is -2.24. The van der Waals surface area contributed by atoms with Crippen molar-refractivity contribution in [1.82, 2.24) is 0 Å². The van der Waals surface area contributed by atoms with Gasteiger partial charge in [0, 0.05) is 11.1 Å². The predicted molar refractivity (Wildman–Crippen MR) is 81.6 cm³/mol. The van der Waals surface area contributed by atoms with Crippen LogP contribution >= 0.6 is 0 Å². The van der Waals surface area contributed by atoms with Crippen LogP contribution in [-0.4, -0.2) is 38.7 Å². The molecule has 0 saturated heterocycles. The smallest absolute Gasteiger partial charge is 0.379 e. The van der Waals surface area contributed by atoms with Crippen LogP contribution in [-0.2, 0) is 22.4 Å². The molecule has 0 saturated carbocycles. The summed E-state index contributed by atoms with van der Waals surface area (Å²) in [7, 11) is 1.58. The van der Waals surface area contributed by atoms with E-state index in [-0.39, 0.29) is 12.2 Å². The summed E-state index contributed by atoms with van der Waals surface area (Å²) in [5.41, 5.74) is 1.77. The first-order valence-electron chi connectivity index (χ1n) is 7.91. The Morgan fingerprint density at radius 1 is 1.04 bits per heavy atom. The zero-order chi connectivity index (χ0) is 16.4. The van der Waals surface area contributed by atoms with Crippen molar-refractivity contribution in [1.29, 1.82) is 0 Å². The number of Topliss-reactive ketones (excluding diaryl/α,β-unsaturated/α-hetero) is 1. The van der Waals surface area contributed by atoms with Crippen molar-refractivity contribution < 1.29 is 28.5 Å². The van der Waals surface area contributed by atoms with Crippen molar-refractivity contribution in [3.05, 3.63) is 16.7 Å². The molecule has 124 valence electrons. The molecule has 0 amide bonds. The van der Waals surface area contributed by atoms with Crippen LogP contribution in [0.3, 0.4) is 0 Å². The number of methoxy groups -OCH3 is 1. The molecule has 0 fully saturated rings. The van der Waals surface area contributed by atoms with Gasteiger partial charge < -0.3 is 18.9 Å². The number of carbonyl (C=O) groups is 2. The molecule has 3 rings (SSSR count). The molecule has 0 N–H and O–H groups in total. The number of rotatable bonds is 4. The third-order valence-electron chi connectivity index (χ3n) is 4.08. The highest BCUT2D eigenvalue weighted by molar-refractivity contribution is 6.42. The number of hydrogen-bond donors (Lipinski definition) is 0. The van der Waals surface area contributed by atoms with E-state index in [9.17, 15) is 9.59 Å². The van der Waals surface area contributed by atoms with Crippen LogP contribution in [0.2, 0.25) is 0 Å². The largest absolute Gasteiger partial charge is 0.492 e. The molecule has 2 aliphatic rings. The Kier molecular flexibility index (Phi) is 4.41. The van der Waals surface area contributed by atoms with Crippen molar-refractivity contribution in [2.45, 2.75) is 32.6 Å². The lowest BCUT2D eigenvalue weighted by molar-refractivity contribution is -0.137. The molecule has 0 atom stereocenters. The Morgan fingerprint density at radius 2 is 1.70 bits per heavy atom. The molecular weight excluding hydrogens is 300 g/mol. The Morgan fingerprint density at radius 3 is 2.35 bits per heavy atom. The number of benzene rings is 1. The minimum atomic E-state index is -0.859. The van der Waals surface area contributed by atoms with Crippen LogP contribution in [0.15, 0.2) is 0 Å². The SMILES string of the molecule is CCOC(=O)C(=O)c1c2c(c(OC)c3c1OCCC3)OCCC2. The maximum Gasteiger partial charge on any atom is 0.379 e. The summed E-state index contributed by atoms with van der Waals surface area (Å²) >= 11 is 0. The van der Waals surface area contributed by atoms with Gasteiger partial charge in [-0.05, 0) is 32.6 Å². The summed E-state index contributed by atoms with van der Waals surface area (Å²) in [4.78, 5) is 24.6. The fourth-order valence-electron chi connectivity index (χ4n) is 3.16.